The number of primary amides is 1. The van der Waals surface area contributed by atoms with Crippen molar-refractivity contribution in [1.82, 2.24) is 5.32 Å². The lowest BCUT2D eigenvalue weighted by molar-refractivity contribution is -0.329. The molecule has 1 aromatic rings. The van der Waals surface area contributed by atoms with E-state index in [0.29, 0.717) is 24.8 Å². The smallest absolute Gasteiger partial charge is 0.312 e. The molecule has 70 heavy (non-hydrogen) atoms. The fourth-order valence-electron chi connectivity index (χ4n) is 11.4. The number of esters is 1. The first kappa shape index (κ1) is 52.2. The normalized spacial score (nSPS) is 43.0. The Morgan fingerprint density at radius 3 is 2.20 bits per heavy atom. The number of ketones is 2. The van der Waals surface area contributed by atoms with E-state index in [-0.39, 0.29) is 37.2 Å². The number of Topliss-reactive ketones (excluding diaryl/α,β-unsaturated/α-hetero) is 2. The van der Waals surface area contributed by atoms with Crippen molar-refractivity contribution in [2.24, 2.45) is 5.73 Å². The van der Waals surface area contributed by atoms with Gasteiger partial charge in [-0.3, -0.25) is 14.4 Å². The molecule has 0 aromatic heterocycles. The maximum Gasteiger partial charge on any atom is 0.312 e. The monoisotopic (exact) mass is 990 g/mol. The molecule has 0 radical (unpaired) electrons. The minimum absolute atomic E-state index is 0.0262. The Hall–Kier alpha value is -4.14. The molecule has 4 heterocycles. The number of fused-ring (bicyclic) bond motifs is 3. The lowest BCUT2D eigenvalue weighted by atomic mass is 9.55. The van der Waals surface area contributed by atoms with Crippen molar-refractivity contribution in [3.8, 4) is 11.5 Å². The van der Waals surface area contributed by atoms with E-state index in [1.807, 2.05) is 0 Å². The third kappa shape index (κ3) is 9.51. The summed E-state index contributed by atoms with van der Waals surface area (Å²) in [5.41, 5.74) is -3.74. The van der Waals surface area contributed by atoms with E-state index < -0.39 is 161 Å². The van der Waals surface area contributed by atoms with E-state index in [0.717, 1.165) is 6.92 Å². The molecule has 4 fully saturated rings. The van der Waals surface area contributed by atoms with E-state index in [1.54, 1.807) is 41.5 Å². The lowest BCUT2D eigenvalue weighted by Gasteiger charge is -2.58. The van der Waals surface area contributed by atoms with Gasteiger partial charge < -0.3 is 89.1 Å². The zero-order chi connectivity index (χ0) is 50.9. The molecule has 0 unspecified atom stereocenters. The second-order valence-electron chi connectivity index (χ2n) is 20.0. The van der Waals surface area contributed by atoms with Crippen molar-refractivity contribution in [2.75, 3.05) is 7.11 Å². The van der Waals surface area contributed by atoms with Gasteiger partial charge in [-0.2, -0.15) is 0 Å². The van der Waals surface area contributed by atoms with Gasteiger partial charge in [0.05, 0.1) is 53.8 Å². The third-order valence-corrected chi connectivity index (χ3v) is 14.7. The zero-order valence-electron chi connectivity index (χ0n) is 40.4. The molecule has 7 aliphatic rings. The highest BCUT2D eigenvalue weighted by Crippen LogP contribution is 2.55. The molecule has 3 aliphatic carbocycles. The number of aromatic hydroxyl groups is 1. The topological polar surface area (TPSA) is 320 Å². The minimum atomic E-state index is -2.89. The van der Waals surface area contributed by atoms with Crippen LogP contribution in [-0.2, 0) is 47.4 Å². The number of hydrogen-bond donors (Lipinski definition) is 8. The van der Waals surface area contributed by atoms with Crippen LogP contribution in [0.15, 0.2) is 34.9 Å². The standard InChI is InChI=1S/C48H66N2O20/c1-19-13-30(69-33-16-29(61-8)38(52)22(4)64-33)48(60)37-36(42(56)44(66-24(6)51)47(48,59)17-19)41(55)35-26(39(37)53)9-11-28(40(35)54)68-32-15-25(14-20(2)62-32)67-34-18-46(7,58)43(23(5)65-34)70-31-12-10-27(21(3)63-31)50-45(49)57/h9,11,13,20-23,25,27,29-34,38,42-44,52,54,56,58-60H,10,12,14-18H2,1-8H3,(H3,49,50,57)/t20-,21-,22+,23-,25+,27+,29-,30+,31+,32+,33+,34+,38-,42+,43-,44+,46+,47+,48-/m1/s1. The molecule has 22 nitrogen and oxygen atoms in total. The summed E-state index contributed by atoms with van der Waals surface area (Å²) in [7, 11) is 1.39. The van der Waals surface area contributed by atoms with Gasteiger partial charge in [-0.25, -0.2) is 4.79 Å². The predicted octanol–water partition coefficient (Wildman–Crippen LogP) is 1.20. The van der Waals surface area contributed by atoms with Crippen LogP contribution >= 0.6 is 0 Å². The number of phenols is 1. The Morgan fingerprint density at radius 2 is 1.54 bits per heavy atom. The van der Waals surface area contributed by atoms with Crippen LogP contribution in [0.3, 0.4) is 0 Å². The summed E-state index contributed by atoms with van der Waals surface area (Å²) >= 11 is 0. The number of phenolic OH excluding ortho intramolecular Hbond substituents is 1. The molecule has 2 amide bonds. The van der Waals surface area contributed by atoms with Gasteiger partial charge in [0.25, 0.3) is 0 Å². The van der Waals surface area contributed by atoms with Crippen molar-refractivity contribution >= 4 is 23.6 Å². The molecule has 0 bridgehead atoms. The highest BCUT2D eigenvalue weighted by molar-refractivity contribution is 6.29. The molecule has 19 atom stereocenters. The Labute approximate surface area is 404 Å². The number of nitrogens with one attached hydrogen (secondary N) is 1. The first-order valence-electron chi connectivity index (χ1n) is 23.8. The summed E-state index contributed by atoms with van der Waals surface area (Å²) in [6.07, 6.45) is -12.7. The van der Waals surface area contributed by atoms with Gasteiger partial charge >= 0.3 is 12.0 Å². The number of carbonyl (C=O) groups excluding carboxylic acids is 4. The summed E-state index contributed by atoms with van der Waals surface area (Å²) in [4.78, 5) is 53.6. The van der Waals surface area contributed by atoms with Crippen LogP contribution in [0.2, 0.25) is 0 Å². The molecule has 388 valence electrons. The first-order valence-corrected chi connectivity index (χ1v) is 23.8. The van der Waals surface area contributed by atoms with Crippen molar-refractivity contribution in [3.05, 3.63) is 46.1 Å². The van der Waals surface area contributed by atoms with E-state index in [1.165, 1.54) is 25.3 Å². The number of urea groups is 1. The van der Waals surface area contributed by atoms with E-state index >= 15 is 0 Å². The lowest BCUT2D eigenvalue weighted by Crippen LogP contribution is -2.76. The van der Waals surface area contributed by atoms with Crippen molar-refractivity contribution < 1.29 is 97.2 Å². The number of aliphatic hydroxyl groups is 5. The Morgan fingerprint density at radius 1 is 0.843 bits per heavy atom. The zero-order valence-corrected chi connectivity index (χ0v) is 40.4. The second-order valence-corrected chi connectivity index (χ2v) is 20.0. The van der Waals surface area contributed by atoms with E-state index in [9.17, 15) is 49.8 Å². The average Bonchev–Trinajstić information content (AvgIpc) is 3.25. The number of methoxy groups -OCH3 is 1. The fraction of sp³-hybridized carbons (Fsp3) is 0.708. The number of rotatable bonds is 11. The Bertz CT molecular complexity index is 2270. The number of carbonyl (C=O) groups is 4. The van der Waals surface area contributed by atoms with Crippen LogP contribution in [0, 0.1) is 0 Å². The molecule has 4 saturated heterocycles. The predicted molar refractivity (Wildman–Crippen MR) is 238 cm³/mol. The van der Waals surface area contributed by atoms with Crippen LogP contribution in [0.5, 0.6) is 11.5 Å². The highest BCUT2D eigenvalue weighted by Gasteiger charge is 2.71. The van der Waals surface area contributed by atoms with Gasteiger partial charge in [0, 0.05) is 69.3 Å². The fourth-order valence-corrected chi connectivity index (χ4v) is 11.4. The first-order chi connectivity index (χ1) is 32.9. The minimum Gasteiger partial charge on any atom is -0.504 e. The van der Waals surface area contributed by atoms with Gasteiger partial charge in [-0.15, -0.1) is 0 Å². The largest absolute Gasteiger partial charge is 0.504 e. The number of nitrogens with two attached hydrogens (primary N) is 1. The Kier molecular flexibility index (Phi) is 14.7. The number of amides is 2. The van der Waals surface area contributed by atoms with Gasteiger partial charge in [0.15, 0.2) is 53.6 Å². The molecular formula is C48H66N2O20. The quantitative estimate of drug-likeness (QED) is 0.114. The summed E-state index contributed by atoms with van der Waals surface area (Å²) in [6.45, 7) is 11.1. The SMILES string of the molecule is CO[C@@H]1C[C@H](O[C@H]2C=C(C)C[C@]3(O)[C@@H](OC(C)=O)[C@@H](O)C4=C(C(=O)c5ccc(O[C@H]6C[C@@H](O[C@H]7C[C@](C)(O)[C@H](O[C@H]8CC[C@H](NC(N)=O)[C@@H](C)O8)[C@@H](C)O7)C[C@@H](C)O6)c(O)c5C4=O)[C@]23O)O[C@@H](C)[C@H]1O. The van der Waals surface area contributed by atoms with E-state index in [4.69, 9.17) is 53.1 Å². The summed E-state index contributed by atoms with van der Waals surface area (Å²) in [5.74, 6) is -4.25. The average molecular weight is 991 g/mol. The van der Waals surface area contributed by atoms with Crippen LogP contribution in [0.4, 0.5) is 4.79 Å². The number of hydrogen-bond acceptors (Lipinski definition) is 20. The molecule has 1 aromatic carbocycles. The number of ether oxygens (including phenoxy) is 10. The van der Waals surface area contributed by atoms with Crippen molar-refractivity contribution in [1.29, 1.82) is 0 Å². The van der Waals surface area contributed by atoms with Crippen molar-refractivity contribution in [2.45, 2.75) is 209 Å². The van der Waals surface area contributed by atoms with Crippen molar-refractivity contribution in [3.63, 3.8) is 0 Å². The third-order valence-electron chi connectivity index (χ3n) is 14.7. The number of benzene rings is 1. The molecule has 9 N–H and O–H groups in total. The van der Waals surface area contributed by atoms with Crippen LogP contribution in [0.25, 0.3) is 0 Å². The molecule has 22 heteroatoms. The summed E-state index contributed by atoms with van der Waals surface area (Å²) < 4.78 is 60.2. The maximum atomic E-state index is 14.8. The molecule has 0 saturated carbocycles. The molecule has 0 spiro atoms. The molecule has 8 rings (SSSR count). The van der Waals surface area contributed by atoms with Crippen LogP contribution in [-0.4, -0.2) is 176 Å². The molecular weight excluding hydrogens is 925 g/mol. The van der Waals surface area contributed by atoms with Crippen LogP contribution < -0.4 is 15.8 Å². The van der Waals surface area contributed by atoms with Gasteiger partial charge in [-0.05, 0) is 60.1 Å². The number of aliphatic hydroxyl groups excluding tert-OH is 2. The Balaban J connectivity index is 1.01. The molecule has 4 aliphatic heterocycles. The van der Waals surface area contributed by atoms with Gasteiger partial charge in [0.1, 0.15) is 30.0 Å². The van der Waals surface area contributed by atoms with Crippen LogP contribution in [0.1, 0.15) is 114 Å². The van der Waals surface area contributed by atoms with E-state index in [2.05, 4.69) is 5.32 Å². The highest BCUT2D eigenvalue weighted by atomic mass is 16.7. The second kappa shape index (κ2) is 19.7. The summed E-state index contributed by atoms with van der Waals surface area (Å²) in [5, 5.41) is 74.3. The summed E-state index contributed by atoms with van der Waals surface area (Å²) in [6, 6.07) is 1.51. The van der Waals surface area contributed by atoms with Gasteiger partial charge in [-0.1, -0.05) is 11.6 Å². The maximum absolute atomic E-state index is 14.8. The van der Waals surface area contributed by atoms with Gasteiger partial charge in [0.2, 0.25) is 6.29 Å².